The maximum absolute atomic E-state index is 12.6. The van der Waals surface area contributed by atoms with E-state index in [1.165, 1.54) is 12.8 Å². The molecule has 9 nitrogen and oxygen atoms in total. The van der Waals surface area contributed by atoms with Gasteiger partial charge in [0.2, 0.25) is 0 Å². The average molecular weight is 790 g/mol. The molecule has 0 heterocycles. The highest BCUT2D eigenvalue weighted by atomic mass is 31.2. The van der Waals surface area contributed by atoms with Crippen LogP contribution < -0.4 is 4.89 Å². The van der Waals surface area contributed by atoms with Crippen LogP contribution in [0, 0.1) is 0 Å². The van der Waals surface area contributed by atoms with Gasteiger partial charge in [-0.15, -0.1) is 0 Å². The topological polar surface area (TPSA) is 111 Å². The number of nitrogens with zero attached hydrogens (tertiary/aromatic N) is 1. The van der Waals surface area contributed by atoms with Gasteiger partial charge in [-0.1, -0.05) is 131 Å². The van der Waals surface area contributed by atoms with Crippen LogP contribution >= 0.6 is 7.82 Å². The third kappa shape index (κ3) is 40.7. The van der Waals surface area contributed by atoms with Crippen molar-refractivity contribution >= 4 is 19.8 Å². The van der Waals surface area contributed by atoms with Crippen LogP contribution in [0.4, 0.5) is 0 Å². The first-order chi connectivity index (χ1) is 26.5. The first kappa shape index (κ1) is 52.2. The summed E-state index contributed by atoms with van der Waals surface area (Å²) in [6, 6.07) is 0. The fourth-order valence-electron chi connectivity index (χ4n) is 4.88. The van der Waals surface area contributed by atoms with Crippen molar-refractivity contribution in [3.05, 3.63) is 85.1 Å². The summed E-state index contributed by atoms with van der Waals surface area (Å²) >= 11 is 0. The Bertz CT molecular complexity index is 1210. The molecule has 0 spiro atoms. The smallest absolute Gasteiger partial charge is 0.306 e. The number of rotatable bonds is 36. The summed E-state index contributed by atoms with van der Waals surface area (Å²) in [6.07, 6.45) is 46.2. The lowest BCUT2D eigenvalue weighted by atomic mass is 10.1. The molecular formula is C45H76NO8P. The van der Waals surface area contributed by atoms with Crippen LogP contribution in [-0.4, -0.2) is 70.0 Å². The van der Waals surface area contributed by atoms with Gasteiger partial charge in [0.25, 0.3) is 7.82 Å². The largest absolute Gasteiger partial charge is 0.756 e. The Balaban J connectivity index is 4.54. The predicted octanol–water partition coefficient (Wildman–Crippen LogP) is 11.0. The summed E-state index contributed by atoms with van der Waals surface area (Å²) in [6.45, 7) is 3.95. The number of carbonyl (C=O) groups excluding carboxylic acids is 2. The summed E-state index contributed by atoms with van der Waals surface area (Å²) in [5.41, 5.74) is 0. The zero-order valence-corrected chi connectivity index (χ0v) is 36.0. The summed E-state index contributed by atoms with van der Waals surface area (Å²) in [4.78, 5) is 37.4. The molecule has 0 rings (SSSR count). The number of allylic oxidation sites excluding steroid dienone is 14. The lowest BCUT2D eigenvalue weighted by Gasteiger charge is -2.28. The van der Waals surface area contributed by atoms with Crippen molar-refractivity contribution in [2.45, 2.75) is 142 Å². The van der Waals surface area contributed by atoms with Crippen LogP contribution in [-0.2, 0) is 32.7 Å². The van der Waals surface area contributed by atoms with E-state index in [9.17, 15) is 19.0 Å². The van der Waals surface area contributed by atoms with Crippen molar-refractivity contribution in [1.82, 2.24) is 0 Å². The number of unbranched alkanes of at least 4 members (excludes halogenated alkanes) is 8. The fraction of sp³-hybridized carbons (Fsp3) is 0.644. The molecule has 10 heteroatoms. The number of hydrogen-bond acceptors (Lipinski definition) is 8. The van der Waals surface area contributed by atoms with Crippen molar-refractivity contribution in [2.24, 2.45) is 0 Å². The molecule has 314 valence electrons. The van der Waals surface area contributed by atoms with Gasteiger partial charge in [-0.25, -0.2) is 0 Å². The van der Waals surface area contributed by atoms with Crippen molar-refractivity contribution in [1.29, 1.82) is 0 Å². The average Bonchev–Trinajstić information content (AvgIpc) is 3.13. The number of esters is 2. The van der Waals surface area contributed by atoms with Gasteiger partial charge < -0.3 is 27.9 Å². The minimum atomic E-state index is -4.65. The molecule has 55 heavy (non-hydrogen) atoms. The van der Waals surface area contributed by atoms with Crippen LogP contribution in [0.15, 0.2) is 85.1 Å². The molecule has 0 saturated heterocycles. The van der Waals surface area contributed by atoms with E-state index in [1.807, 2.05) is 27.2 Å². The van der Waals surface area contributed by atoms with Crippen molar-refractivity contribution < 1.29 is 42.1 Å². The van der Waals surface area contributed by atoms with E-state index in [0.29, 0.717) is 30.3 Å². The maximum Gasteiger partial charge on any atom is 0.306 e. The zero-order valence-electron chi connectivity index (χ0n) is 35.1. The Morgan fingerprint density at radius 2 is 1.05 bits per heavy atom. The normalized spacial score (nSPS) is 14.5. The number of carbonyl (C=O) groups is 2. The molecule has 0 saturated carbocycles. The van der Waals surface area contributed by atoms with Gasteiger partial charge in [0.15, 0.2) is 6.10 Å². The van der Waals surface area contributed by atoms with E-state index in [-0.39, 0.29) is 26.1 Å². The Morgan fingerprint density at radius 1 is 0.582 bits per heavy atom. The van der Waals surface area contributed by atoms with E-state index in [2.05, 4.69) is 92.8 Å². The number of ether oxygens (including phenoxy) is 2. The Morgan fingerprint density at radius 3 is 1.60 bits per heavy atom. The van der Waals surface area contributed by atoms with Gasteiger partial charge in [0.05, 0.1) is 27.7 Å². The number of phosphoric acid groups is 1. The van der Waals surface area contributed by atoms with E-state index < -0.39 is 32.5 Å². The second-order valence-electron chi connectivity index (χ2n) is 14.6. The van der Waals surface area contributed by atoms with Crippen molar-refractivity contribution in [3.63, 3.8) is 0 Å². The number of hydrogen-bond donors (Lipinski definition) is 0. The molecule has 2 unspecified atom stereocenters. The van der Waals surface area contributed by atoms with Gasteiger partial charge in [0, 0.05) is 12.8 Å². The number of likely N-dealkylation sites (N-methyl/N-ethyl adjacent to an activating group) is 1. The molecule has 2 atom stereocenters. The van der Waals surface area contributed by atoms with Gasteiger partial charge in [-0.05, 0) is 77.0 Å². The molecular weight excluding hydrogens is 713 g/mol. The molecule has 0 aliphatic carbocycles. The number of phosphoric ester groups is 1. The van der Waals surface area contributed by atoms with Crippen LogP contribution in [0.25, 0.3) is 0 Å². The monoisotopic (exact) mass is 790 g/mol. The Labute approximate surface area is 335 Å². The van der Waals surface area contributed by atoms with Crippen LogP contribution in [0.1, 0.15) is 136 Å². The second kappa shape index (κ2) is 36.8. The third-order valence-electron chi connectivity index (χ3n) is 8.15. The SMILES string of the molecule is CC/C=C\C/C=C\C/C=C\C/C=C\C/C=C\CCCC(=O)OC(COC(=O)CCCCCCC/C=C\C/C=C\CCCC)COP(=O)([O-])OCC[N+](C)(C)C. The minimum absolute atomic E-state index is 0.0486. The van der Waals surface area contributed by atoms with Gasteiger partial charge in [-0.2, -0.15) is 0 Å². The van der Waals surface area contributed by atoms with Gasteiger partial charge >= 0.3 is 11.9 Å². The number of quaternary nitrogens is 1. The second-order valence-corrected chi connectivity index (χ2v) is 16.0. The van der Waals surface area contributed by atoms with Crippen LogP contribution in [0.5, 0.6) is 0 Å². The van der Waals surface area contributed by atoms with Gasteiger partial charge in [-0.3, -0.25) is 14.2 Å². The molecule has 0 aliphatic rings. The summed E-state index contributed by atoms with van der Waals surface area (Å²) in [5, 5.41) is 0. The minimum Gasteiger partial charge on any atom is -0.756 e. The highest BCUT2D eigenvalue weighted by Gasteiger charge is 2.21. The Hall–Kier alpha value is -2.81. The lowest BCUT2D eigenvalue weighted by molar-refractivity contribution is -0.870. The summed E-state index contributed by atoms with van der Waals surface area (Å²) in [7, 11) is 1.10. The van der Waals surface area contributed by atoms with E-state index in [1.54, 1.807) is 0 Å². The highest BCUT2D eigenvalue weighted by molar-refractivity contribution is 7.45. The molecule has 0 N–H and O–H groups in total. The molecule has 0 amide bonds. The summed E-state index contributed by atoms with van der Waals surface area (Å²) < 4.78 is 33.7. The first-order valence-corrected chi connectivity index (χ1v) is 22.3. The molecule has 0 aliphatic heterocycles. The molecule has 0 aromatic rings. The molecule has 0 radical (unpaired) electrons. The first-order valence-electron chi connectivity index (χ1n) is 20.8. The van der Waals surface area contributed by atoms with Crippen molar-refractivity contribution in [3.8, 4) is 0 Å². The lowest BCUT2D eigenvalue weighted by Crippen LogP contribution is -2.37. The van der Waals surface area contributed by atoms with Crippen molar-refractivity contribution in [2.75, 3.05) is 47.5 Å². The highest BCUT2D eigenvalue weighted by Crippen LogP contribution is 2.38. The summed E-state index contributed by atoms with van der Waals surface area (Å²) in [5.74, 6) is -0.930. The molecule has 0 bridgehead atoms. The van der Waals surface area contributed by atoms with E-state index in [0.717, 1.165) is 77.0 Å². The van der Waals surface area contributed by atoms with E-state index in [4.69, 9.17) is 18.5 Å². The molecule has 0 aromatic carbocycles. The van der Waals surface area contributed by atoms with E-state index >= 15 is 0 Å². The predicted molar refractivity (Wildman–Crippen MR) is 226 cm³/mol. The quantitative estimate of drug-likeness (QED) is 0.0203. The molecule has 0 aromatic heterocycles. The molecule has 0 fully saturated rings. The maximum atomic E-state index is 12.6. The van der Waals surface area contributed by atoms with Gasteiger partial charge in [0.1, 0.15) is 19.8 Å². The fourth-order valence-corrected chi connectivity index (χ4v) is 5.61. The van der Waals surface area contributed by atoms with Crippen LogP contribution in [0.2, 0.25) is 0 Å². The third-order valence-corrected chi connectivity index (χ3v) is 9.11. The zero-order chi connectivity index (χ0) is 40.7. The standard InChI is InChI=1S/C45H76NO8P/c1-6-8-10-12-14-16-18-20-22-23-24-26-28-30-32-34-36-38-45(48)54-43(42-53-55(49,50)52-40-39-46(3,4)5)41-51-44(47)37-35-33-31-29-27-25-21-19-17-15-13-11-9-7-2/h8,10,13-16,19-22,24,26,30,32,43H,6-7,9,11-12,17-18,23,25,27-29,31,33-42H2,1-5H3/b10-8-,15-13-,16-14-,21-19-,22-20-,26-24-,32-30-. The Kier molecular flexibility index (Phi) is 34.9. The van der Waals surface area contributed by atoms with Crippen LogP contribution in [0.3, 0.4) is 0 Å².